The van der Waals surface area contributed by atoms with Crippen LogP contribution in [0.5, 0.6) is 0 Å². The van der Waals surface area contributed by atoms with Crippen molar-refractivity contribution in [1.29, 1.82) is 0 Å². The molecule has 0 spiro atoms. The molecule has 3 rings (SSSR count). The van der Waals surface area contributed by atoms with E-state index in [1.165, 1.54) is 12.1 Å². The van der Waals surface area contributed by atoms with E-state index in [-0.39, 0.29) is 30.5 Å². The minimum Gasteiger partial charge on any atom is -0.385 e. The van der Waals surface area contributed by atoms with Crippen molar-refractivity contribution in [3.05, 3.63) is 35.4 Å². The fraction of sp³-hybridized carbons (Fsp3) is 0.611. The van der Waals surface area contributed by atoms with Crippen molar-refractivity contribution >= 4 is 6.03 Å². The van der Waals surface area contributed by atoms with E-state index in [9.17, 15) is 23.1 Å². The largest absolute Gasteiger partial charge is 0.416 e. The predicted octanol–water partition coefficient (Wildman–Crippen LogP) is 2.40. The molecule has 2 aliphatic heterocycles. The van der Waals surface area contributed by atoms with Crippen LogP contribution < -0.4 is 5.32 Å². The zero-order chi connectivity index (χ0) is 18.9. The van der Waals surface area contributed by atoms with Crippen LogP contribution in [0.25, 0.3) is 0 Å². The van der Waals surface area contributed by atoms with Gasteiger partial charge in [0.25, 0.3) is 0 Å². The maximum Gasteiger partial charge on any atom is 0.416 e. The summed E-state index contributed by atoms with van der Waals surface area (Å²) in [6.07, 6.45) is -3.11. The topological polar surface area (TPSA) is 55.8 Å². The lowest BCUT2D eigenvalue weighted by Gasteiger charge is -2.39. The second-order valence-electron chi connectivity index (χ2n) is 7.29. The SMILES string of the molecule is CN1CC[C@@H](NC(=O)N2CCC(O)(c3cccc(C(F)(F)F)c3)CC2)C1. The Kier molecular flexibility index (Phi) is 5.16. The number of halogens is 3. The Balaban J connectivity index is 1.61. The monoisotopic (exact) mass is 371 g/mol. The lowest BCUT2D eigenvalue weighted by Crippen LogP contribution is -2.51. The van der Waals surface area contributed by atoms with Crippen LogP contribution in [0.2, 0.25) is 0 Å². The number of hydrogen-bond donors (Lipinski definition) is 2. The normalized spacial score (nSPS) is 23.9. The first-order valence-corrected chi connectivity index (χ1v) is 8.81. The number of nitrogens with zero attached hydrogens (tertiary/aromatic N) is 2. The molecular weight excluding hydrogens is 347 g/mol. The number of nitrogens with one attached hydrogen (secondary N) is 1. The predicted molar refractivity (Wildman–Crippen MR) is 90.6 cm³/mol. The van der Waals surface area contributed by atoms with Crippen molar-refractivity contribution in [1.82, 2.24) is 15.1 Å². The number of hydrogen-bond acceptors (Lipinski definition) is 3. The fourth-order valence-corrected chi connectivity index (χ4v) is 3.67. The molecule has 0 unspecified atom stereocenters. The van der Waals surface area contributed by atoms with Gasteiger partial charge in [0.05, 0.1) is 11.2 Å². The molecule has 1 atom stereocenters. The molecule has 0 saturated carbocycles. The van der Waals surface area contributed by atoms with Crippen LogP contribution in [0, 0.1) is 0 Å². The standard InChI is InChI=1S/C18H24F3N3O2/c1-23-8-5-15(12-23)22-16(25)24-9-6-17(26,7-10-24)13-3-2-4-14(11-13)18(19,20)21/h2-4,11,15,26H,5-10,12H2,1H3,(H,22,25)/t15-/m1/s1. The summed E-state index contributed by atoms with van der Waals surface area (Å²) in [7, 11) is 2.00. The van der Waals surface area contributed by atoms with E-state index >= 15 is 0 Å². The van der Waals surface area contributed by atoms with Gasteiger partial charge in [-0.1, -0.05) is 12.1 Å². The summed E-state index contributed by atoms with van der Waals surface area (Å²) >= 11 is 0. The molecule has 26 heavy (non-hydrogen) atoms. The average Bonchev–Trinajstić information content (AvgIpc) is 2.99. The number of carbonyl (C=O) groups is 1. The molecule has 1 aromatic carbocycles. The molecule has 2 heterocycles. The van der Waals surface area contributed by atoms with Crippen LogP contribution in [-0.2, 0) is 11.8 Å². The molecule has 2 N–H and O–H groups in total. The van der Waals surface area contributed by atoms with Gasteiger partial charge in [0.2, 0.25) is 0 Å². The average molecular weight is 371 g/mol. The third-order valence-electron chi connectivity index (χ3n) is 5.32. The molecule has 2 amide bonds. The first-order chi connectivity index (χ1) is 12.2. The van der Waals surface area contributed by atoms with Gasteiger partial charge >= 0.3 is 12.2 Å². The molecule has 2 aliphatic rings. The molecule has 144 valence electrons. The Morgan fingerprint density at radius 1 is 1.27 bits per heavy atom. The fourth-order valence-electron chi connectivity index (χ4n) is 3.67. The van der Waals surface area contributed by atoms with Crippen LogP contribution in [-0.4, -0.2) is 60.2 Å². The van der Waals surface area contributed by atoms with Crippen molar-refractivity contribution in [2.45, 2.75) is 37.1 Å². The summed E-state index contributed by atoms with van der Waals surface area (Å²) < 4.78 is 38.7. The zero-order valence-electron chi connectivity index (χ0n) is 14.7. The minimum atomic E-state index is -4.44. The Bertz CT molecular complexity index is 657. The first kappa shape index (κ1) is 19.0. The number of aliphatic hydroxyl groups is 1. The van der Waals surface area contributed by atoms with Crippen LogP contribution in [0.15, 0.2) is 24.3 Å². The van der Waals surface area contributed by atoms with Gasteiger partial charge in [0.1, 0.15) is 0 Å². The number of urea groups is 1. The molecule has 5 nitrogen and oxygen atoms in total. The number of benzene rings is 1. The smallest absolute Gasteiger partial charge is 0.385 e. The number of amides is 2. The van der Waals surface area contributed by atoms with Gasteiger partial charge in [-0.3, -0.25) is 0 Å². The zero-order valence-corrected chi connectivity index (χ0v) is 14.7. The molecular formula is C18H24F3N3O2. The third-order valence-corrected chi connectivity index (χ3v) is 5.32. The van der Waals surface area contributed by atoms with Gasteiger partial charge in [-0.2, -0.15) is 13.2 Å². The highest BCUT2D eigenvalue weighted by atomic mass is 19.4. The van der Waals surface area contributed by atoms with Crippen LogP contribution >= 0.6 is 0 Å². The highest BCUT2D eigenvalue weighted by molar-refractivity contribution is 5.74. The summed E-state index contributed by atoms with van der Waals surface area (Å²) in [5.74, 6) is 0. The van der Waals surface area contributed by atoms with E-state index < -0.39 is 17.3 Å². The van der Waals surface area contributed by atoms with Crippen molar-refractivity contribution in [3.63, 3.8) is 0 Å². The third kappa shape index (κ3) is 4.12. The van der Waals surface area contributed by atoms with E-state index in [0.29, 0.717) is 13.1 Å². The van der Waals surface area contributed by atoms with Gasteiger partial charge in [0.15, 0.2) is 0 Å². The van der Waals surface area contributed by atoms with Crippen molar-refractivity contribution in [3.8, 4) is 0 Å². The van der Waals surface area contributed by atoms with Crippen LogP contribution in [0.1, 0.15) is 30.4 Å². The van der Waals surface area contributed by atoms with E-state index in [1.807, 2.05) is 7.05 Å². The lowest BCUT2D eigenvalue weighted by molar-refractivity contribution is -0.137. The molecule has 1 aromatic rings. The highest BCUT2D eigenvalue weighted by Crippen LogP contribution is 2.36. The van der Waals surface area contributed by atoms with E-state index in [1.54, 1.807) is 4.90 Å². The summed E-state index contributed by atoms with van der Waals surface area (Å²) in [5, 5.41) is 13.8. The number of piperidine rings is 1. The number of carbonyl (C=O) groups excluding carboxylic acids is 1. The molecule has 0 radical (unpaired) electrons. The number of alkyl halides is 3. The van der Waals surface area contributed by atoms with Gasteiger partial charge in [-0.05, 0) is 50.6 Å². The minimum absolute atomic E-state index is 0.122. The number of likely N-dealkylation sites (tertiary alicyclic amines) is 2. The van der Waals surface area contributed by atoms with Crippen molar-refractivity contribution < 1.29 is 23.1 Å². The highest BCUT2D eigenvalue weighted by Gasteiger charge is 2.38. The number of rotatable bonds is 2. The van der Waals surface area contributed by atoms with Crippen molar-refractivity contribution in [2.24, 2.45) is 0 Å². The molecule has 0 aromatic heterocycles. The maximum atomic E-state index is 12.9. The Labute approximate surface area is 150 Å². The molecule has 2 fully saturated rings. The molecule has 8 heteroatoms. The summed E-state index contributed by atoms with van der Waals surface area (Å²) in [4.78, 5) is 16.1. The molecule has 0 aliphatic carbocycles. The summed E-state index contributed by atoms with van der Waals surface area (Å²) in [6.45, 7) is 2.37. The summed E-state index contributed by atoms with van der Waals surface area (Å²) in [5.41, 5.74) is -1.86. The second-order valence-corrected chi connectivity index (χ2v) is 7.29. The lowest BCUT2D eigenvalue weighted by atomic mass is 9.84. The Morgan fingerprint density at radius 2 is 1.96 bits per heavy atom. The van der Waals surface area contributed by atoms with Crippen LogP contribution in [0.4, 0.5) is 18.0 Å². The Morgan fingerprint density at radius 3 is 2.54 bits per heavy atom. The van der Waals surface area contributed by atoms with E-state index in [4.69, 9.17) is 0 Å². The van der Waals surface area contributed by atoms with Gasteiger partial charge in [-0.15, -0.1) is 0 Å². The number of likely N-dealkylation sites (N-methyl/N-ethyl adjacent to an activating group) is 1. The molecule has 2 saturated heterocycles. The van der Waals surface area contributed by atoms with Gasteiger partial charge in [-0.25, -0.2) is 4.79 Å². The van der Waals surface area contributed by atoms with E-state index in [0.717, 1.165) is 31.6 Å². The van der Waals surface area contributed by atoms with Crippen molar-refractivity contribution in [2.75, 3.05) is 33.2 Å². The molecule has 0 bridgehead atoms. The van der Waals surface area contributed by atoms with E-state index in [2.05, 4.69) is 10.2 Å². The second kappa shape index (κ2) is 7.08. The van der Waals surface area contributed by atoms with Gasteiger partial charge in [0, 0.05) is 25.7 Å². The van der Waals surface area contributed by atoms with Gasteiger partial charge < -0.3 is 20.2 Å². The first-order valence-electron chi connectivity index (χ1n) is 8.81. The quantitative estimate of drug-likeness (QED) is 0.840. The summed E-state index contributed by atoms with van der Waals surface area (Å²) in [6, 6.07) is 4.77. The Hall–Kier alpha value is -1.80. The maximum absolute atomic E-state index is 12.9. The van der Waals surface area contributed by atoms with Crippen LogP contribution in [0.3, 0.4) is 0 Å².